The van der Waals surface area contributed by atoms with Gasteiger partial charge in [0.2, 0.25) is 11.0 Å². The monoisotopic (exact) mass is 420 g/mol. The fourth-order valence-corrected chi connectivity index (χ4v) is 4.16. The lowest BCUT2D eigenvalue weighted by Gasteiger charge is -2.04. The molecule has 0 unspecified atom stereocenters. The second-order valence-electron chi connectivity index (χ2n) is 6.61. The number of hydrogen-bond donors (Lipinski definition) is 1. The number of nitriles is 1. The number of amides is 1. The molecule has 0 aliphatic heterocycles. The van der Waals surface area contributed by atoms with Crippen LogP contribution >= 0.6 is 23.1 Å². The molecule has 3 aromatic rings. The average molecular weight is 421 g/mol. The fourth-order valence-electron chi connectivity index (χ4n) is 2.45. The fraction of sp³-hybridized carbons (Fsp3) is 0.182. The van der Waals surface area contributed by atoms with Crippen LogP contribution < -0.4 is 5.32 Å². The van der Waals surface area contributed by atoms with Crippen LogP contribution in [0.1, 0.15) is 42.0 Å². The molecule has 0 bridgehead atoms. The van der Waals surface area contributed by atoms with Crippen LogP contribution in [0.4, 0.5) is 5.13 Å². The van der Waals surface area contributed by atoms with Crippen LogP contribution in [0.15, 0.2) is 58.9 Å². The van der Waals surface area contributed by atoms with Gasteiger partial charge in [-0.1, -0.05) is 73.3 Å². The summed E-state index contributed by atoms with van der Waals surface area (Å²) in [7, 11) is 0. The van der Waals surface area contributed by atoms with Gasteiger partial charge in [0.1, 0.15) is 0 Å². The van der Waals surface area contributed by atoms with Crippen LogP contribution in [0.5, 0.6) is 0 Å². The van der Waals surface area contributed by atoms with E-state index < -0.39 is 0 Å². The number of thioether (sulfide) groups is 1. The van der Waals surface area contributed by atoms with Gasteiger partial charge in [0.15, 0.2) is 4.34 Å². The molecule has 7 heteroatoms. The van der Waals surface area contributed by atoms with Crippen molar-refractivity contribution in [3.05, 3.63) is 76.9 Å². The Hall–Kier alpha value is -2.95. The van der Waals surface area contributed by atoms with Crippen molar-refractivity contribution in [2.24, 2.45) is 0 Å². The highest BCUT2D eigenvalue weighted by Crippen LogP contribution is 2.28. The molecule has 0 fully saturated rings. The number of nitrogens with zero attached hydrogens (tertiary/aromatic N) is 3. The summed E-state index contributed by atoms with van der Waals surface area (Å²) in [6, 6.07) is 17.7. The summed E-state index contributed by atoms with van der Waals surface area (Å²) in [6.07, 6.45) is 3.27. The van der Waals surface area contributed by atoms with Crippen molar-refractivity contribution >= 4 is 40.2 Å². The molecule has 0 saturated carbocycles. The van der Waals surface area contributed by atoms with Crippen LogP contribution in [-0.2, 0) is 10.5 Å². The molecule has 0 aliphatic rings. The Labute approximate surface area is 178 Å². The highest BCUT2D eigenvalue weighted by molar-refractivity contribution is 8.00. The number of carbonyl (C=O) groups is 1. The van der Waals surface area contributed by atoms with Crippen LogP contribution in [0.2, 0.25) is 0 Å². The molecule has 1 N–H and O–H groups in total. The molecule has 1 aromatic heterocycles. The van der Waals surface area contributed by atoms with Crippen molar-refractivity contribution in [3.63, 3.8) is 0 Å². The van der Waals surface area contributed by atoms with E-state index in [0.29, 0.717) is 16.6 Å². The maximum atomic E-state index is 12.1. The van der Waals surface area contributed by atoms with E-state index in [1.807, 2.05) is 24.3 Å². The van der Waals surface area contributed by atoms with Crippen LogP contribution in [-0.4, -0.2) is 16.1 Å². The molecule has 0 spiro atoms. The summed E-state index contributed by atoms with van der Waals surface area (Å²) >= 11 is 2.88. The topological polar surface area (TPSA) is 78.7 Å². The third kappa shape index (κ3) is 6.28. The molecular weight excluding hydrogens is 400 g/mol. The first kappa shape index (κ1) is 20.8. The molecule has 5 nitrogen and oxygen atoms in total. The van der Waals surface area contributed by atoms with Crippen molar-refractivity contribution in [1.29, 1.82) is 5.26 Å². The number of nitrogens with one attached hydrogen (secondary N) is 1. The SMILES string of the molecule is CC(C)c1ccc(/C=C/C(=O)Nc2nnc(SCc3ccc(C#N)cc3)s2)cc1. The lowest BCUT2D eigenvalue weighted by atomic mass is 10.0. The van der Waals surface area contributed by atoms with Crippen LogP contribution in [0.25, 0.3) is 6.08 Å². The van der Waals surface area contributed by atoms with Gasteiger partial charge >= 0.3 is 0 Å². The van der Waals surface area contributed by atoms with Gasteiger partial charge in [0, 0.05) is 11.8 Å². The van der Waals surface area contributed by atoms with Crippen molar-refractivity contribution in [3.8, 4) is 6.07 Å². The van der Waals surface area contributed by atoms with Crippen molar-refractivity contribution in [2.75, 3.05) is 5.32 Å². The van der Waals surface area contributed by atoms with Gasteiger partial charge < -0.3 is 0 Å². The van der Waals surface area contributed by atoms with Gasteiger partial charge in [-0.3, -0.25) is 10.1 Å². The number of carbonyl (C=O) groups excluding carboxylic acids is 1. The van der Waals surface area contributed by atoms with Crippen LogP contribution in [0.3, 0.4) is 0 Å². The van der Waals surface area contributed by atoms with Crippen molar-refractivity contribution in [2.45, 2.75) is 29.9 Å². The molecule has 0 saturated heterocycles. The van der Waals surface area contributed by atoms with Crippen molar-refractivity contribution in [1.82, 2.24) is 10.2 Å². The van der Waals surface area contributed by atoms with E-state index in [1.54, 1.807) is 30.0 Å². The summed E-state index contributed by atoms with van der Waals surface area (Å²) in [6.45, 7) is 4.30. The number of hydrogen-bond acceptors (Lipinski definition) is 6. The van der Waals surface area contributed by atoms with E-state index in [2.05, 4.69) is 47.6 Å². The van der Waals surface area contributed by atoms with E-state index >= 15 is 0 Å². The van der Waals surface area contributed by atoms with Gasteiger partial charge in [-0.2, -0.15) is 5.26 Å². The zero-order valence-corrected chi connectivity index (χ0v) is 17.8. The Bertz CT molecular complexity index is 1030. The van der Waals surface area contributed by atoms with Gasteiger partial charge in [-0.25, -0.2) is 0 Å². The number of rotatable bonds is 7. The molecule has 2 aromatic carbocycles. The van der Waals surface area contributed by atoms with E-state index in [9.17, 15) is 4.79 Å². The first-order valence-corrected chi connectivity index (χ1v) is 10.9. The second-order valence-corrected chi connectivity index (χ2v) is 8.81. The molecule has 3 rings (SSSR count). The summed E-state index contributed by atoms with van der Waals surface area (Å²) in [5.41, 5.74) is 3.98. The van der Waals surface area contributed by atoms with Gasteiger partial charge in [-0.15, -0.1) is 10.2 Å². The predicted molar refractivity (Wildman–Crippen MR) is 119 cm³/mol. The zero-order chi connectivity index (χ0) is 20.6. The van der Waals surface area contributed by atoms with Gasteiger partial charge in [0.05, 0.1) is 11.6 Å². The highest BCUT2D eigenvalue weighted by atomic mass is 32.2. The average Bonchev–Trinajstić information content (AvgIpc) is 3.18. The number of aromatic nitrogens is 2. The number of benzene rings is 2. The minimum atomic E-state index is -0.238. The highest BCUT2D eigenvalue weighted by Gasteiger charge is 2.07. The minimum Gasteiger partial charge on any atom is -0.297 e. The summed E-state index contributed by atoms with van der Waals surface area (Å²) in [4.78, 5) is 12.1. The molecular formula is C22H20N4OS2. The maximum Gasteiger partial charge on any atom is 0.250 e. The standard InChI is InChI=1S/C22H20N4OS2/c1-15(2)19-10-7-16(8-11-19)9-12-20(27)24-21-25-26-22(29-21)28-14-18-5-3-17(13-23)4-6-18/h3-12,15H,14H2,1-2H3,(H,24,25,27)/b12-9+. The second kappa shape index (κ2) is 10.0. The van der Waals surface area contributed by atoms with Crippen LogP contribution in [0, 0.1) is 11.3 Å². The first-order valence-electron chi connectivity index (χ1n) is 9.08. The van der Waals surface area contributed by atoms with E-state index in [-0.39, 0.29) is 5.91 Å². The normalized spacial score (nSPS) is 11.0. The lowest BCUT2D eigenvalue weighted by molar-refractivity contribution is -0.111. The molecule has 0 atom stereocenters. The molecule has 0 radical (unpaired) electrons. The van der Waals surface area contributed by atoms with Gasteiger partial charge in [0.25, 0.3) is 0 Å². The van der Waals surface area contributed by atoms with Crippen molar-refractivity contribution < 1.29 is 4.79 Å². The molecule has 29 heavy (non-hydrogen) atoms. The summed E-state index contributed by atoms with van der Waals surface area (Å²) in [5.74, 6) is 0.969. The Morgan fingerprint density at radius 3 is 2.55 bits per heavy atom. The first-order chi connectivity index (χ1) is 14.0. The molecule has 0 aliphatic carbocycles. The predicted octanol–water partition coefficient (Wildman–Crippen LogP) is 5.48. The Morgan fingerprint density at radius 1 is 1.17 bits per heavy atom. The van der Waals surface area contributed by atoms with E-state index in [0.717, 1.165) is 21.2 Å². The smallest absolute Gasteiger partial charge is 0.250 e. The Morgan fingerprint density at radius 2 is 1.90 bits per heavy atom. The Kier molecular flexibility index (Phi) is 7.17. The quantitative estimate of drug-likeness (QED) is 0.311. The third-order valence-corrected chi connectivity index (χ3v) is 6.16. The lowest BCUT2D eigenvalue weighted by Crippen LogP contribution is -2.07. The zero-order valence-electron chi connectivity index (χ0n) is 16.1. The molecule has 1 amide bonds. The molecule has 1 heterocycles. The summed E-state index contributed by atoms with van der Waals surface area (Å²) in [5, 5.41) is 20.2. The third-order valence-electron chi connectivity index (χ3n) is 4.11. The summed E-state index contributed by atoms with van der Waals surface area (Å²) < 4.78 is 0.776. The maximum absolute atomic E-state index is 12.1. The number of anilines is 1. The largest absolute Gasteiger partial charge is 0.297 e. The van der Waals surface area contributed by atoms with E-state index in [1.165, 1.54) is 23.0 Å². The minimum absolute atomic E-state index is 0.238. The molecule has 146 valence electrons. The Balaban J connectivity index is 1.51. The van der Waals surface area contributed by atoms with Gasteiger partial charge in [-0.05, 0) is 40.8 Å². The van der Waals surface area contributed by atoms with E-state index in [4.69, 9.17) is 5.26 Å².